The molecule has 0 radical (unpaired) electrons. The van der Waals surface area contributed by atoms with Crippen molar-refractivity contribution < 1.29 is 0 Å². The molecule has 0 rings (SSSR count). The van der Waals surface area contributed by atoms with E-state index < -0.39 is 10.2 Å². The Kier molecular flexibility index (Phi) is 5.79. The highest BCUT2D eigenvalue weighted by Crippen LogP contribution is 2.49. The molecule has 0 saturated heterocycles. The first-order valence-corrected chi connectivity index (χ1v) is 7.54. The summed E-state index contributed by atoms with van der Waals surface area (Å²) in [5.74, 6) is 0.750. The summed E-state index contributed by atoms with van der Waals surface area (Å²) >= 11 is 0. The molecule has 14 heavy (non-hydrogen) atoms. The van der Waals surface area contributed by atoms with E-state index >= 15 is 0 Å². The average Bonchev–Trinajstić information content (AvgIpc) is 2.12. The topological polar surface area (TPSA) is 15.3 Å². The fourth-order valence-electron chi connectivity index (χ4n) is 1.05. The van der Waals surface area contributed by atoms with Crippen LogP contribution in [0.2, 0.25) is 0 Å². The van der Waals surface area contributed by atoms with Crippen LogP contribution in [0.3, 0.4) is 0 Å². The molecule has 0 aliphatic heterocycles. The molecule has 0 aromatic heterocycles. The normalized spacial score (nSPS) is 15.4. The fraction of sp³-hybridized carbons (Fsp3) is 0.818. The van der Waals surface area contributed by atoms with Crippen molar-refractivity contribution in [2.75, 3.05) is 26.6 Å². The highest BCUT2D eigenvalue weighted by Gasteiger charge is 2.18. The van der Waals surface area contributed by atoms with E-state index in [2.05, 4.69) is 56.2 Å². The minimum Gasteiger partial charge on any atom is -0.250 e. The van der Waals surface area contributed by atoms with Gasteiger partial charge in [-0.3, -0.25) is 0 Å². The van der Waals surface area contributed by atoms with Gasteiger partial charge in [0.05, 0.1) is 0 Å². The van der Waals surface area contributed by atoms with Gasteiger partial charge in [-0.2, -0.15) is 10.2 Å². The maximum Gasteiger partial charge on any atom is 0.0117 e. The zero-order valence-electron chi connectivity index (χ0n) is 10.7. The summed E-state index contributed by atoms with van der Waals surface area (Å²) < 4.78 is 2.22. The van der Waals surface area contributed by atoms with Crippen molar-refractivity contribution in [3.05, 3.63) is 11.0 Å². The Bertz CT molecular complexity index is 197. The summed E-state index contributed by atoms with van der Waals surface area (Å²) in [6.45, 7) is 6.76. The van der Waals surface area contributed by atoms with E-state index in [1.807, 2.05) is 7.05 Å². The molecule has 1 N–H and O–H groups in total. The summed E-state index contributed by atoms with van der Waals surface area (Å²) in [6, 6.07) is 0. The van der Waals surface area contributed by atoms with Crippen LogP contribution >= 0.6 is 10.2 Å². The number of hydrogen-bond acceptors (Lipinski definition) is 2. The number of rotatable bonds is 5. The Morgan fingerprint density at radius 2 is 1.93 bits per heavy atom. The monoisotopic (exact) mass is 218 g/mol. The van der Waals surface area contributed by atoms with E-state index in [4.69, 9.17) is 0 Å². The van der Waals surface area contributed by atoms with Crippen LogP contribution in [-0.4, -0.2) is 31.0 Å². The molecule has 0 aliphatic carbocycles. The van der Waals surface area contributed by atoms with Crippen molar-refractivity contribution in [1.29, 1.82) is 0 Å². The van der Waals surface area contributed by atoms with E-state index in [9.17, 15) is 0 Å². The molecule has 0 unspecified atom stereocenters. The van der Waals surface area contributed by atoms with Gasteiger partial charge in [-0.25, -0.2) is 9.84 Å². The van der Waals surface area contributed by atoms with Crippen molar-refractivity contribution in [3.8, 4) is 0 Å². The third kappa shape index (κ3) is 4.03. The summed E-state index contributed by atoms with van der Waals surface area (Å²) in [5.41, 5.74) is 3.20. The van der Waals surface area contributed by atoms with Crippen LogP contribution < -0.4 is 5.43 Å². The molecule has 0 fully saturated rings. The van der Waals surface area contributed by atoms with E-state index in [0.29, 0.717) is 0 Å². The molecule has 3 heteroatoms. The van der Waals surface area contributed by atoms with Crippen LogP contribution in [-0.2, 0) is 0 Å². The lowest BCUT2D eigenvalue weighted by atomic mass is 10.1. The van der Waals surface area contributed by atoms with Gasteiger partial charge >= 0.3 is 0 Å². The fourth-order valence-corrected chi connectivity index (χ4v) is 2.44. The molecule has 0 bridgehead atoms. The van der Waals surface area contributed by atoms with Gasteiger partial charge in [-0.1, -0.05) is 19.9 Å². The largest absolute Gasteiger partial charge is 0.250 e. The maximum absolute atomic E-state index is 3.20. The van der Waals surface area contributed by atoms with E-state index in [1.165, 1.54) is 11.3 Å². The van der Waals surface area contributed by atoms with Gasteiger partial charge < -0.3 is 0 Å². The SMILES string of the molecule is CNN(C)S(C)(C)C(C)=CCC(C)C. The predicted octanol–water partition coefficient (Wildman–Crippen LogP) is 2.98. The molecule has 0 aromatic rings. The Morgan fingerprint density at radius 3 is 2.29 bits per heavy atom. The van der Waals surface area contributed by atoms with Crippen molar-refractivity contribution in [2.45, 2.75) is 27.2 Å². The predicted molar refractivity (Wildman–Crippen MR) is 69.5 cm³/mol. The molecule has 0 aliphatic rings. The first-order chi connectivity index (χ1) is 6.32. The van der Waals surface area contributed by atoms with Crippen molar-refractivity contribution in [2.24, 2.45) is 5.92 Å². The molecule has 0 aromatic carbocycles. The van der Waals surface area contributed by atoms with Crippen LogP contribution in [0.1, 0.15) is 27.2 Å². The summed E-state index contributed by atoms with van der Waals surface area (Å²) in [5, 5.41) is 0. The molecule has 2 nitrogen and oxygen atoms in total. The van der Waals surface area contributed by atoms with Crippen molar-refractivity contribution in [3.63, 3.8) is 0 Å². The van der Waals surface area contributed by atoms with Crippen LogP contribution in [0.25, 0.3) is 0 Å². The molecule has 0 amide bonds. The van der Waals surface area contributed by atoms with Gasteiger partial charge in [0.15, 0.2) is 0 Å². The first kappa shape index (κ1) is 14.0. The van der Waals surface area contributed by atoms with E-state index in [-0.39, 0.29) is 0 Å². The minimum absolute atomic E-state index is 0.750. The molecular weight excluding hydrogens is 192 g/mol. The summed E-state index contributed by atoms with van der Waals surface area (Å²) in [7, 11) is 3.29. The van der Waals surface area contributed by atoms with Crippen molar-refractivity contribution >= 4 is 10.2 Å². The lowest BCUT2D eigenvalue weighted by Gasteiger charge is -2.41. The standard InChI is InChI=1S/C11H26N2S/c1-10(2)8-9-11(3)14(6,7)13(5)12-4/h9-10,12H,8H2,1-7H3. The smallest absolute Gasteiger partial charge is 0.0117 e. The van der Waals surface area contributed by atoms with Gasteiger partial charge in [0, 0.05) is 7.05 Å². The molecule has 0 heterocycles. The Balaban J connectivity index is 4.48. The number of hydrogen-bond donors (Lipinski definition) is 1. The zero-order valence-corrected chi connectivity index (χ0v) is 11.5. The van der Waals surface area contributed by atoms with Crippen LogP contribution in [0.5, 0.6) is 0 Å². The van der Waals surface area contributed by atoms with E-state index in [0.717, 1.165) is 5.92 Å². The number of nitrogens with one attached hydrogen (secondary N) is 1. The van der Waals surface area contributed by atoms with Crippen LogP contribution in [0, 0.1) is 5.92 Å². The quantitative estimate of drug-likeness (QED) is 0.714. The second-order valence-corrected chi connectivity index (χ2v) is 8.18. The third-order valence-electron chi connectivity index (χ3n) is 2.66. The van der Waals surface area contributed by atoms with Crippen molar-refractivity contribution in [1.82, 2.24) is 9.84 Å². The van der Waals surface area contributed by atoms with Gasteiger partial charge in [-0.05, 0) is 43.7 Å². The van der Waals surface area contributed by atoms with Crippen LogP contribution in [0.4, 0.5) is 0 Å². The van der Waals surface area contributed by atoms with Gasteiger partial charge in [0.1, 0.15) is 0 Å². The Hall–Kier alpha value is 0.01000. The van der Waals surface area contributed by atoms with Gasteiger partial charge in [-0.15, -0.1) is 0 Å². The van der Waals surface area contributed by atoms with Gasteiger partial charge in [0.2, 0.25) is 0 Å². The zero-order chi connectivity index (χ0) is 11.4. The highest BCUT2D eigenvalue weighted by atomic mass is 32.3. The van der Waals surface area contributed by atoms with Crippen LogP contribution in [0.15, 0.2) is 11.0 Å². The summed E-state index contributed by atoms with van der Waals surface area (Å²) in [6.07, 6.45) is 8.19. The second-order valence-electron chi connectivity index (χ2n) is 4.44. The van der Waals surface area contributed by atoms with Gasteiger partial charge in [0.25, 0.3) is 0 Å². The lowest BCUT2D eigenvalue weighted by Crippen LogP contribution is -2.33. The molecular formula is C11H26N2S. The molecule has 86 valence electrons. The number of allylic oxidation sites excluding steroid dienone is 2. The van der Waals surface area contributed by atoms with E-state index in [1.54, 1.807) is 0 Å². The Morgan fingerprint density at radius 1 is 1.43 bits per heavy atom. The molecule has 0 saturated carbocycles. The summed E-state index contributed by atoms with van der Waals surface area (Å²) in [4.78, 5) is 1.50. The molecule has 0 atom stereocenters. The Labute approximate surface area is 91.2 Å². The minimum atomic E-state index is -0.801. The highest BCUT2D eigenvalue weighted by molar-refractivity contribution is 8.33. The average molecular weight is 218 g/mol. The lowest BCUT2D eigenvalue weighted by molar-refractivity contribution is 0.455. The first-order valence-electron chi connectivity index (χ1n) is 5.13. The second kappa shape index (κ2) is 5.79. The number of hydrazine groups is 1. The molecule has 0 spiro atoms. The maximum atomic E-state index is 3.20. The third-order valence-corrected chi connectivity index (χ3v) is 5.96. The number of nitrogens with zero attached hydrogens (tertiary/aromatic N) is 1.